The minimum atomic E-state index is -6.33. The summed E-state index contributed by atoms with van der Waals surface area (Å²) in [6.45, 7) is 1.90. The van der Waals surface area contributed by atoms with Crippen LogP contribution in [0.1, 0.15) is 33.1 Å². The normalized spacial score (nSPS) is 13.0. The number of carbonyl (C=O) groups is 2. The van der Waals surface area contributed by atoms with Crippen molar-refractivity contribution in [3.8, 4) is 0 Å². The first-order chi connectivity index (χ1) is 10.2. The molecule has 0 heterocycles. The van der Waals surface area contributed by atoms with Crippen LogP contribution in [0.4, 0.5) is 17.6 Å². The summed E-state index contributed by atoms with van der Waals surface area (Å²) < 4.78 is 89.2. The van der Waals surface area contributed by atoms with Gasteiger partial charge in [0.25, 0.3) is 0 Å². The fourth-order valence-corrected chi connectivity index (χ4v) is 1.70. The molecule has 0 fully saturated rings. The van der Waals surface area contributed by atoms with Crippen molar-refractivity contribution in [2.45, 2.75) is 50.4 Å². The molecule has 12 heteroatoms. The average molecular weight is 368 g/mol. The largest absolute Gasteiger partial charge is 0.465 e. The SMILES string of the molecule is CC(C)OC(=O)CCC(=O)OCCC(F)(F)C(F)(F)S(=O)(=O)O. The Morgan fingerprint density at radius 2 is 1.57 bits per heavy atom. The summed E-state index contributed by atoms with van der Waals surface area (Å²) in [6, 6.07) is 0. The second-order valence-corrected chi connectivity index (χ2v) is 6.17. The third kappa shape index (κ3) is 6.69. The summed E-state index contributed by atoms with van der Waals surface area (Å²) >= 11 is 0. The Bertz CT molecular complexity index is 530. The van der Waals surface area contributed by atoms with E-state index in [1.807, 2.05) is 0 Å². The van der Waals surface area contributed by atoms with Gasteiger partial charge in [-0.2, -0.15) is 26.0 Å². The molecular weight excluding hydrogens is 352 g/mol. The molecule has 0 aromatic heterocycles. The Morgan fingerprint density at radius 3 is 2.00 bits per heavy atom. The number of halogens is 4. The molecule has 136 valence electrons. The van der Waals surface area contributed by atoms with E-state index in [0.29, 0.717) is 0 Å². The smallest absolute Gasteiger partial charge is 0.431 e. The van der Waals surface area contributed by atoms with Crippen molar-refractivity contribution in [2.75, 3.05) is 6.61 Å². The molecule has 0 bridgehead atoms. The quantitative estimate of drug-likeness (QED) is 0.375. The molecule has 0 aliphatic heterocycles. The van der Waals surface area contributed by atoms with E-state index in [4.69, 9.17) is 4.55 Å². The van der Waals surface area contributed by atoms with E-state index < -0.39 is 65.2 Å². The van der Waals surface area contributed by atoms with Crippen molar-refractivity contribution in [2.24, 2.45) is 0 Å². The van der Waals surface area contributed by atoms with Crippen LogP contribution in [0.2, 0.25) is 0 Å². The maximum atomic E-state index is 13.1. The minimum absolute atomic E-state index is 0.394. The first-order valence-corrected chi connectivity index (χ1v) is 7.72. The van der Waals surface area contributed by atoms with Gasteiger partial charge in [-0.3, -0.25) is 14.1 Å². The number of carbonyl (C=O) groups excluding carboxylic acids is 2. The third-order valence-corrected chi connectivity index (χ3v) is 3.28. The second-order valence-electron chi connectivity index (χ2n) is 4.71. The number of rotatable bonds is 9. The molecule has 0 amide bonds. The molecule has 0 rings (SSSR count). The number of hydrogen-bond acceptors (Lipinski definition) is 6. The van der Waals surface area contributed by atoms with Crippen molar-refractivity contribution < 1.29 is 49.6 Å². The van der Waals surface area contributed by atoms with E-state index >= 15 is 0 Å². The highest BCUT2D eigenvalue weighted by molar-refractivity contribution is 7.87. The molecule has 1 N–H and O–H groups in total. The maximum Gasteiger partial charge on any atom is 0.431 e. The van der Waals surface area contributed by atoms with E-state index in [1.54, 1.807) is 13.8 Å². The molecule has 0 saturated carbocycles. The van der Waals surface area contributed by atoms with Crippen LogP contribution >= 0.6 is 0 Å². The monoisotopic (exact) mass is 368 g/mol. The fourth-order valence-electron chi connectivity index (χ4n) is 1.23. The molecule has 7 nitrogen and oxygen atoms in total. The first kappa shape index (κ1) is 21.6. The zero-order valence-corrected chi connectivity index (χ0v) is 13.0. The molecule has 0 aliphatic rings. The topological polar surface area (TPSA) is 107 Å². The van der Waals surface area contributed by atoms with Crippen LogP contribution in [-0.4, -0.2) is 48.8 Å². The molecule has 23 heavy (non-hydrogen) atoms. The van der Waals surface area contributed by atoms with Gasteiger partial charge in [0.1, 0.15) is 0 Å². The lowest BCUT2D eigenvalue weighted by molar-refractivity contribution is -0.175. The highest BCUT2D eigenvalue weighted by atomic mass is 32.2. The van der Waals surface area contributed by atoms with E-state index in [9.17, 15) is 35.6 Å². The van der Waals surface area contributed by atoms with E-state index in [1.165, 1.54) is 0 Å². The Balaban J connectivity index is 4.34. The van der Waals surface area contributed by atoms with Gasteiger partial charge in [0.15, 0.2) is 0 Å². The predicted octanol–water partition coefficient (Wildman–Crippen LogP) is 1.77. The lowest BCUT2D eigenvalue weighted by atomic mass is 10.2. The molecule has 0 aromatic carbocycles. The zero-order chi connectivity index (χ0) is 18.5. The molecule has 0 atom stereocenters. The number of alkyl halides is 4. The van der Waals surface area contributed by atoms with Crippen molar-refractivity contribution >= 4 is 22.1 Å². The minimum Gasteiger partial charge on any atom is -0.465 e. The molecular formula is C11H16F4O7S. The number of ether oxygens (including phenoxy) is 2. The van der Waals surface area contributed by atoms with Crippen LogP contribution in [0.5, 0.6) is 0 Å². The number of esters is 2. The Hall–Kier alpha value is -1.43. The average Bonchev–Trinajstić information content (AvgIpc) is 2.33. The summed E-state index contributed by atoms with van der Waals surface area (Å²) in [5.41, 5.74) is 0. The third-order valence-electron chi connectivity index (χ3n) is 2.33. The van der Waals surface area contributed by atoms with Gasteiger partial charge >= 0.3 is 33.2 Å². The van der Waals surface area contributed by atoms with Crippen molar-refractivity contribution in [1.29, 1.82) is 0 Å². The lowest BCUT2D eigenvalue weighted by Crippen LogP contribution is -2.47. The summed E-state index contributed by atoms with van der Waals surface area (Å²) in [6.07, 6.45) is -3.16. The van der Waals surface area contributed by atoms with Crippen LogP contribution < -0.4 is 0 Å². The maximum absolute atomic E-state index is 13.1. The molecule has 0 radical (unpaired) electrons. The van der Waals surface area contributed by atoms with Gasteiger partial charge in [0, 0.05) is 0 Å². The predicted molar refractivity (Wildman–Crippen MR) is 67.5 cm³/mol. The Morgan fingerprint density at radius 1 is 1.09 bits per heavy atom. The van der Waals surface area contributed by atoms with Crippen LogP contribution in [0.25, 0.3) is 0 Å². The first-order valence-electron chi connectivity index (χ1n) is 6.28. The molecule has 0 saturated heterocycles. The molecule has 0 aromatic rings. The Kier molecular flexibility index (Phi) is 7.41. The van der Waals surface area contributed by atoms with Crippen molar-refractivity contribution in [3.63, 3.8) is 0 Å². The standard InChI is InChI=1S/C11H16F4O7S/c1-7(2)22-9(17)4-3-8(16)21-6-5-10(12,13)11(14,15)23(18,19)20/h7H,3-6H2,1-2H3,(H,18,19,20). The van der Waals surface area contributed by atoms with Gasteiger partial charge in [-0.1, -0.05) is 0 Å². The van der Waals surface area contributed by atoms with E-state index in [0.717, 1.165) is 0 Å². The molecule has 0 aliphatic carbocycles. The van der Waals surface area contributed by atoms with E-state index in [2.05, 4.69) is 9.47 Å². The van der Waals surface area contributed by atoms with Crippen LogP contribution in [-0.2, 0) is 29.2 Å². The summed E-state index contributed by atoms with van der Waals surface area (Å²) in [7, 11) is -6.33. The number of hydrogen-bond donors (Lipinski definition) is 1. The van der Waals surface area contributed by atoms with Crippen molar-refractivity contribution in [3.05, 3.63) is 0 Å². The molecule has 0 unspecified atom stereocenters. The van der Waals surface area contributed by atoms with Gasteiger partial charge < -0.3 is 9.47 Å². The van der Waals surface area contributed by atoms with E-state index in [-0.39, 0.29) is 0 Å². The van der Waals surface area contributed by atoms with Gasteiger partial charge in [0.05, 0.1) is 32.0 Å². The summed E-state index contributed by atoms with van der Waals surface area (Å²) in [4.78, 5) is 22.2. The van der Waals surface area contributed by atoms with Gasteiger partial charge in [-0.05, 0) is 13.8 Å². The van der Waals surface area contributed by atoms with Crippen molar-refractivity contribution in [1.82, 2.24) is 0 Å². The van der Waals surface area contributed by atoms with Crippen LogP contribution in [0.15, 0.2) is 0 Å². The second kappa shape index (κ2) is 7.90. The van der Waals surface area contributed by atoms with Gasteiger partial charge in [-0.25, -0.2) is 0 Å². The van der Waals surface area contributed by atoms with Gasteiger partial charge in [0.2, 0.25) is 0 Å². The highest BCUT2D eigenvalue weighted by Gasteiger charge is 2.65. The van der Waals surface area contributed by atoms with Crippen LogP contribution in [0, 0.1) is 0 Å². The summed E-state index contributed by atoms with van der Waals surface area (Å²) in [5, 5.41) is -5.71. The Labute approximate surface area is 129 Å². The van der Waals surface area contributed by atoms with Crippen LogP contribution in [0.3, 0.4) is 0 Å². The molecule has 0 spiro atoms. The van der Waals surface area contributed by atoms with Gasteiger partial charge in [-0.15, -0.1) is 0 Å². The lowest BCUT2D eigenvalue weighted by Gasteiger charge is -2.23. The fraction of sp³-hybridized carbons (Fsp3) is 0.818. The zero-order valence-electron chi connectivity index (χ0n) is 12.2. The summed E-state index contributed by atoms with van der Waals surface area (Å²) in [5.74, 6) is -7.01. The highest BCUT2D eigenvalue weighted by Crippen LogP contribution is 2.40.